The highest BCUT2D eigenvalue weighted by Gasteiger charge is 2.49. The summed E-state index contributed by atoms with van der Waals surface area (Å²) < 4.78 is 0. The van der Waals surface area contributed by atoms with Gasteiger partial charge in [0.25, 0.3) is 0 Å². The maximum Gasteiger partial charge on any atom is -0.0108 e. The number of aryl methyl sites for hydroxylation is 1. The quantitative estimate of drug-likeness (QED) is 0.514. The Kier molecular flexibility index (Phi) is 5.98. The van der Waals surface area contributed by atoms with Crippen LogP contribution in [0.15, 0.2) is 24.3 Å². The summed E-state index contributed by atoms with van der Waals surface area (Å²) in [6.45, 7) is 14.7. The largest absolute Gasteiger partial charge is 0.0654 e. The van der Waals surface area contributed by atoms with Crippen molar-refractivity contribution < 1.29 is 0 Å². The van der Waals surface area contributed by atoms with Crippen molar-refractivity contribution >= 4 is 0 Å². The minimum Gasteiger partial charge on any atom is -0.0654 e. The molecule has 1 fully saturated rings. The molecule has 0 heterocycles. The Morgan fingerprint density at radius 2 is 1.61 bits per heavy atom. The average Bonchev–Trinajstić information content (AvgIpc) is 2.53. The van der Waals surface area contributed by atoms with Crippen molar-refractivity contribution in [3.63, 3.8) is 0 Å². The average molecular weight is 315 g/mol. The lowest BCUT2D eigenvalue weighted by molar-refractivity contribution is -0.0254. The van der Waals surface area contributed by atoms with E-state index >= 15 is 0 Å². The van der Waals surface area contributed by atoms with Gasteiger partial charge in [-0.25, -0.2) is 0 Å². The van der Waals surface area contributed by atoms with Gasteiger partial charge < -0.3 is 0 Å². The number of benzene rings is 1. The summed E-state index contributed by atoms with van der Waals surface area (Å²) in [4.78, 5) is 0. The van der Waals surface area contributed by atoms with E-state index in [9.17, 15) is 0 Å². The molecule has 1 aliphatic carbocycles. The molecule has 23 heavy (non-hydrogen) atoms. The Balaban J connectivity index is 2.29. The van der Waals surface area contributed by atoms with Crippen molar-refractivity contribution in [3.8, 4) is 0 Å². The van der Waals surface area contributed by atoms with Crippen LogP contribution in [0.2, 0.25) is 0 Å². The smallest absolute Gasteiger partial charge is 0.0108 e. The van der Waals surface area contributed by atoms with Crippen molar-refractivity contribution in [2.75, 3.05) is 0 Å². The normalized spacial score (nSPS) is 30.3. The van der Waals surface area contributed by atoms with Crippen molar-refractivity contribution in [2.24, 2.45) is 16.7 Å². The minimum absolute atomic E-state index is 0.394. The van der Waals surface area contributed by atoms with Crippen LogP contribution in [0, 0.1) is 16.7 Å². The van der Waals surface area contributed by atoms with Gasteiger partial charge in [-0.15, -0.1) is 0 Å². The zero-order valence-electron chi connectivity index (χ0n) is 16.4. The first-order chi connectivity index (χ1) is 10.9. The van der Waals surface area contributed by atoms with Crippen molar-refractivity contribution in [1.29, 1.82) is 0 Å². The number of rotatable bonds is 6. The fourth-order valence-corrected chi connectivity index (χ4v) is 5.40. The van der Waals surface area contributed by atoms with Crippen molar-refractivity contribution in [2.45, 2.75) is 92.4 Å². The monoisotopic (exact) mass is 314 g/mol. The fourth-order valence-electron chi connectivity index (χ4n) is 5.40. The molecule has 2 rings (SSSR count). The SMILES string of the molecule is CCCc1ccc([C@@H]2CCC(C)(CC)C(CCC)C2(C)C)cc1. The van der Waals surface area contributed by atoms with Gasteiger partial charge in [-0.1, -0.05) is 85.1 Å². The van der Waals surface area contributed by atoms with E-state index in [1.165, 1.54) is 50.5 Å². The van der Waals surface area contributed by atoms with E-state index in [1.807, 2.05) is 0 Å². The van der Waals surface area contributed by atoms with E-state index in [0.717, 1.165) is 5.92 Å². The highest BCUT2D eigenvalue weighted by Crippen LogP contribution is 2.60. The molecule has 3 atom stereocenters. The van der Waals surface area contributed by atoms with Gasteiger partial charge >= 0.3 is 0 Å². The highest BCUT2D eigenvalue weighted by molar-refractivity contribution is 5.28. The third-order valence-electron chi connectivity index (χ3n) is 6.95. The molecule has 1 aliphatic rings. The second kappa shape index (κ2) is 7.41. The summed E-state index contributed by atoms with van der Waals surface area (Å²) in [5.74, 6) is 1.55. The number of hydrogen-bond acceptors (Lipinski definition) is 0. The molecule has 130 valence electrons. The van der Waals surface area contributed by atoms with Crippen LogP contribution in [-0.2, 0) is 6.42 Å². The van der Waals surface area contributed by atoms with Crippen LogP contribution < -0.4 is 0 Å². The maximum absolute atomic E-state index is 2.55. The molecule has 0 aromatic heterocycles. The first-order valence-corrected chi connectivity index (χ1v) is 9.97. The van der Waals surface area contributed by atoms with Crippen molar-refractivity contribution in [3.05, 3.63) is 35.4 Å². The zero-order chi connectivity index (χ0) is 17.1. The van der Waals surface area contributed by atoms with E-state index in [0.29, 0.717) is 16.7 Å². The molecule has 1 saturated carbocycles. The Morgan fingerprint density at radius 3 is 2.13 bits per heavy atom. The van der Waals surface area contributed by atoms with Crippen LogP contribution >= 0.6 is 0 Å². The molecule has 0 saturated heterocycles. The summed E-state index contributed by atoms with van der Waals surface area (Å²) in [6, 6.07) is 9.60. The molecule has 0 aliphatic heterocycles. The topological polar surface area (TPSA) is 0 Å². The first kappa shape index (κ1) is 18.6. The second-order valence-electron chi connectivity index (χ2n) is 8.75. The van der Waals surface area contributed by atoms with Crippen LogP contribution in [-0.4, -0.2) is 0 Å². The molecule has 0 radical (unpaired) electrons. The Bertz CT molecular complexity index is 481. The van der Waals surface area contributed by atoms with Gasteiger partial charge in [-0.2, -0.15) is 0 Å². The summed E-state index contributed by atoms with van der Waals surface area (Å²) >= 11 is 0. The van der Waals surface area contributed by atoms with Gasteiger partial charge in [-0.3, -0.25) is 0 Å². The molecule has 0 N–H and O–H groups in total. The van der Waals surface area contributed by atoms with Gasteiger partial charge in [0.2, 0.25) is 0 Å². The van der Waals surface area contributed by atoms with E-state index < -0.39 is 0 Å². The summed E-state index contributed by atoms with van der Waals surface area (Å²) in [5.41, 5.74) is 3.99. The fraction of sp³-hybridized carbons (Fsp3) is 0.739. The molecule has 0 amide bonds. The lowest BCUT2D eigenvalue weighted by atomic mass is 9.49. The highest BCUT2D eigenvalue weighted by atomic mass is 14.5. The predicted octanol–water partition coefficient (Wildman–Crippen LogP) is 7.38. The predicted molar refractivity (Wildman–Crippen MR) is 103 cm³/mol. The molecule has 0 bridgehead atoms. The third-order valence-corrected chi connectivity index (χ3v) is 6.95. The zero-order valence-corrected chi connectivity index (χ0v) is 16.4. The van der Waals surface area contributed by atoms with Crippen LogP contribution in [0.5, 0.6) is 0 Å². The molecule has 0 heteroatoms. The standard InChI is InChI=1S/C23H38/c1-7-10-18-12-14-19(15-13-18)20-16-17-23(6,9-3)21(11-8-2)22(20,4)5/h12-15,20-21H,7-11,16-17H2,1-6H3/t20-,21?,23?/m0/s1. The maximum atomic E-state index is 2.55. The molecule has 2 unspecified atom stereocenters. The molecule has 0 nitrogen and oxygen atoms in total. The lowest BCUT2D eigenvalue weighted by Crippen LogP contribution is -2.46. The number of hydrogen-bond donors (Lipinski definition) is 0. The van der Waals surface area contributed by atoms with Crippen LogP contribution in [0.1, 0.15) is 97.1 Å². The first-order valence-electron chi connectivity index (χ1n) is 9.97. The second-order valence-corrected chi connectivity index (χ2v) is 8.75. The summed E-state index contributed by atoms with van der Waals surface area (Å²) in [7, 11) is 0. The van der Waals surface area contributed by atoms with E-state index in [1.54, 1.807) is 5.56 Å². The minimum atomic E-state index is 0.394. The van der Waals surface area contributed by atoms with Gasteiger partial charge in [0.05, 0.1) is 0 Å². The Morgan fingerprint density at radius 1 is 0.957 bits per heavy atom. The Hall–Kier alpha value is -0.780. The van der Waals surface area contributed by atoms with Crippen LogP contribution in [0.4, 0.5) is 0 Å². The summed E-state index contributed by atoms with van der Waals surface area (Å²) in [5, 5.41) is 0. The van der Waals surface area contributed by atoms with Crippen molar-refractivity contribution in [1.82, 2.24) is 0 Å². The molecular weight excluding hydrogens is 276 g/mol. The molecule has 0 spiro atoms. The van der Waals surface area contributed by atoms with Gasteiger partial charge in [-0.05, 0) is 59.5 Å². The molecule has 1 aromatic carbocycles. The van der Waals surface area contributed by atoms with Crippen LogP contribution in [0.25, 0.3) is 0 Å². The van der Waals surface area contributed by atoms with Gasteiger partial charge in [0.1, 0.15) is 0 Å². The third kappa shape index (κ3) is 3.67. The Labute approximate surface area is 145 Å². The van der Waals surface area contributed by atoms with E-state index in [2.05, 4.69) is 65.8 Å². The molecule has 1 aromatic rings. The molecular formula is C23H38. The van der Waals surface area contributed by atoms with Crippen LogP contribution in [0.3, 0.4) is 0 Å². The van der Waals surface area contributed by atoms with Gasteiger partial charge in [0, 0.05) is 0 Å². The summed E-state index contributed by atoms with van der Waals surface area (Å²) in [6.07, 6.45) is 9.20. The van der Waals surface area contributed by atoms with E-state index in [-0.39, 0.29) is 0 Å². The lowest BCUT2D eigenvalue weighted by Gasteiger charge is -2.55. The van der Waals surface area contributed by atoms with Gasteiger partial charge in [0.15, 0.2) is 0 Å². The van der Waals surface area contributed by atoms with E-state index in [4.69, 9.17) is 0 Å².